The predicted octanol–water partition coefficient (Wildman–Crippen LogP) is 3.54. The van der Waals surface area contributed by atoms with E-state index in [2.05, 4.69) is 20.3 Å². The van der Waals surface area contributed by atoms with Crippen molar-refractivity contribution in [2.45, 2.75) is 24.8 Å². The molecule has 65 heavy (non-hydrogen) atoms. The fourth-order valence-electron chi connectivity index (χ4n) is 6.11. The number of rotatable bonds is 33. The molecular formula is C43H60FN7O13S. The molecule has 0 saturated heterocycles. The maximum Gasteiger partial charge on any atom is 0.254 e. The Kier molecular flexibility index (Phi) is 24.5. The van der Waals surface area contributed by atoms with Crippen molar-refractivity contribution in [2.24, 2.45) is 5.11 Å². The normalized spacial score (nSPS) is 12.6. The average Bonchev–Trinajstić information content (AvgIpc) is 3.52. The molecule has 358 valence electrons. The van der Waals surface area contributed by atoms with Gasteiger partial charge in [-0.05, 0) is 60.0 Å². The van der Waals surface area contributed by atoms with Gasteiger partial charge in [0.2, 0.25) is 5.91 Å². The van der Waals surface area contributed by atoms with Gasteiger partial charge >= 0.3 is 0 Å². The SMILES string of the molecule is Cc1c(C(=O)N2CCOc3ccc(-c4ccc(N)nc4)cc3C2)ccc(S(=O)(=O)CCNC(=O)CCOCCOCCOCCOCCOCCOCCOCCOCCN=[N+]=[N-])c1F. The first kappa shape index (κ1) is 52.6. The number of hydrogen-bond donors (Lipinski definition) is 2. The number of carbonyl (C=O) groups excluding carboxylic acids is 2. The highest BCUT2D eigenvalue weighted by Gasteiger charge is 2.27. The van der Waals surface area contributed by atoms with E-state index in [1.54, 1.807) is 12.3 Å². The molecule has 20 nitrogen and oxygen atoms in total. The number of azide groups is 1. The van der Waals surface area contributed by atoms with Crippen LogP contribution in [0.25, 0.3) is 21.6 Å². The van der Waals surface area contributed by atoms with Crippen LogP contribution in [0.2, 0.25) is 0 Å². The minimum Gasteiger partial charge on any atom is -0.491 e. The lowest BCUT2D eigenvalue weighted by atomic mass is 10.0. The fraction of sp³-hybridized carbons (Fsp3) is 0.558. The number of amides is 2. The van der Waals surface area contributed by atoms with E-state index in [4.69, 9.17) is 53.9 Å². The molecule has 2 heterocycles. The van der Waals surface area contributed by atoms with Gasteiger partial charge in [0, 0.05) is 53.9 Å². The monoisotopic (exact) mass is 933 g/mol. The van der Waals surface area contributed by atoms with E-state index in [9.17, 15) is 18.0 Å². The molecule has 0 bridgehead atoms. The van der Waals surface area contributed by atoms with Gasteiger partial charge in [-0.25, -0.2) is 17.8 Å². The van der Waals surface area contributed by atoms with Crippen LogP contribution in [0, 0.1) is 12.7 Å². The third-order valence-corrected chi connectivity index (χ3v) is 11.3. The number of sulfone groups is 1. The van der Waals surface area contributed by atoms with Crippen LogP contribution in [-0.2, 0) is 59.1 Å². The van der Waals surface area contributed by atoms with E-state index < -0.39 is 38.1 Å². The first-order chi connectivity index (χ1) is 31.6. The summed E-state index contributed by atoms with van der Waals surface area (Å²) in [6.45, 7) is 8.14. The van der Waals surface area contributed by atoms with Gasteiger partial charge in [0.15, 0.2) is 9.84 Å². The molecule has 2 amide bonds. The van der Waals surface area contributed by atoms with E-state index >= 15 is 4.39 Å². The summed E-state index contributed by atoms with van der Waals surface area (Å²) in [4.78, 5) is 33.8. The lowest BCUT2D eigenvalue weighted by Gasteiger charge is -2.22. The standard InChI is InChI=1S/C43H60FN7O13S/c1-33-37(43(53)51-11-14-64-38-5-2-34(30-36(38)32-51)35-3-7-40(45)48-31-35)4-6-39(42(33)44)65(54,55)29-10-47-41(52)8-12-56-15-17-58-19-21-60-23-25-62-27-28-63-26-24-61-22-20-59-18-16-57-13-9-49-50-46/h2-7,30-31H,8-29,32H2,1H3,(H2,45,48)(H,47,52). The number of carbonyl (C=O) groups is 2. The van der Waals surface area contributed by atoms with Gasteiger partial charge < -0.3 is 58.6 Å². The summed E-state index contributed by atoms with van der Waals surface area (Å²) >= 11 is 0. The van der Waals surface area contributed by atoms with E-state index in [0.717, 1.165) is 22.8 Å². The van der Waals surface area contributed by atoms with E-state index in [1.807, 2.05) is 24.3 Å². The Morgan fingerprint density at radius 1 is 0.815 bits per heavy atom. The van der Waals surface area contributed by atoms with E-state index in [-0.39, 0.29) is 57.0 Å². The summed E-state index contributed by atoms with van der Waals surface area (Å²) in [6, 6.07) is 11.6. The summed E-state index contributed by atoms with van der Waals surface area (Å²) < 4.78 is 91.0. The molecule has 0 fully saturated rings. The zero-order valence-electron chi connectivity index (χ0n) is 36.8. The van der Waals surface area contributed by atoms with Gasteiger partial charge in [-0.3, -0.25) is 9.59 Å². The summed E-state index contributed by atoms with van der Waals surface area (Å²) in [6.07, 6.45) is 1.65. The van der Waals surface area contributed by atoms with Crippen molar-refractivity contribution in [3.8, 4) is 16.9 Å². The van der Waals surface area contributed by atoms with E-state index in [0.29, 0.717) is 111 Å². The molecular weight excluding hydrogens is 874 g/mol. The molecule has 1 aromatic heterocycles. The van der Waals surface area contributed by atoms with Crippen LogP contribution in [0.1, 0.15) is 27.9 Å². The molecule has 0 atom stereocenters. The van der Waals surface area contributed by atoms with Gasteiger partial charge in [0.25, 0.3) is 5.91 Å². The maximum absolute atomic E-state index is 15.6. The average molecular weight is 934 g/mol. The third-order valence-electron chi connectivity index (χ3n) is 9.53. The molecule has 2 aromatic carbocycles. The molecule has 0 spiro atoms. The smallest absolute Gasteiger partial charge is 0.254 e. The van der Waals surface area contributed by atoms with Gasteiger partial charge in [-0.1, -0.05) is 11.2 Å². The van der Waals surface area contributed by atoms with Crippen molar-refractivity contribution >= 4 is 27.5 Å². The van der Waals surface area contributed by atoms with Gasteiger partial charge in [0.1, 0.15) is 28.9 Å². The zero-order valence-corrected chi connectivity index (χ0v) is 37.6. The van der Waals surface area contributed by atoms with Gasteiger partial charge in [0.05, 0.1) is 118 Å². The number of ether oxygens (including phenoxy) is 9. The molecule has 1 aliphatic heterocycles. The number of nitrogens with zero attached hydrogens (tertiary/aromatic N) is 5. The molecule has 0 aliphatic carbocycles. The number of pyridine rings is 1. The van der Waals surface area contributed by atoms with Crippen molar-refractivity contribution in [3.05, 3.63) is 81.6 Å². The summed E-state index contributed by atoms with van der Waals surface area (Å²) in [5, 5.41) is 5.90. The molecule has 3 N–H and O–H groups in total. The number of halogens is 1. The van der Waals surface area contributed by atoms with Crippen molar-refractivity contribution in [1.29, 1.82) is 0 Å². The van der Waals surface area contributed by atoms with Gasteiger partial charge in [-0.15, -0.1) is 0 Å². The van der Waals surface area contributed by atoms with Gasteiger partial charge in [-0.2, -0.15) is 0 Å². The molecule has 1 aliphatic rings. The Morgan fingerprint density at radius 3 is 1.92 bits per heavy atom. The van der Waals surface area contributed by atoms with Crippen LogP contribution in [0.3, 0.4) is 0 Å². The second-order valence-electron chi connectivity index (χ2n) is 14.2. The molecule has 0 unspecified atom stereocenters. The van der Waals surface area contributed by atoms with Crippen LogP contribution >= 0.6 is 0 Å². The Morgan fingerprint density at radius 2 is 1.37 bits per heavy atom. The molecule has 4 rings (SSSR count). The van der Waals surface area contributed by atoms with Crippen molar-refractivity contribution in [2.75, 3.05) is 143 Å². The molecule has 0 radical (unpaired) electrons. The second kappa shape index (κ2) is 30.3. The Balaban J connectivity index is 0.989. The molecule has 0 saturated carbocycles. The van der Waals surface area contributed by atoms with Crippen molar-refractivity contribution in [3.63, 3.8) is 0 Å². The second-order valence-corrected chi connectivity index (χ2v) is 16.3. The fourth-order valence-corrected chi connectivity index (χ4v) is 7.40. The number of fused-ring (bicyclic) bond motifs is 1. The largest absolute Gasteiger partial charge is 0.491 e. The predicted molar refractivity (Wildman–Crippen MR) is 236 cm³/mol. The summed E-state index contributed by atoms with van der Waals surface area (Å²) in [5.74, 6) is -1.42. The summed E-state index contributed by atoms with van der Waals surface area (Å²) in [5.41, 5.74) is 16.3. The number of benzene rings is 2. The Labute approximate surface area is 378 Å². The van der Waals surface area contributed by atoms with Crippen LogP contribution in [0.5, 0.6) is 5.75 Å². The first-order valence-electron chi connectivity index (χ1n) is 21.3. The molecule has 3 aromatic rings. The third kappa shape index (κ3) is 19.6. The first-order valence-corrected chi connectivity index (χ1v) is 22.9. The number of aromatic nitrogens is 1. The Bertz CT molecular complexity index is 2060. The highest BCUT2D eigenvalue weighted by atomic mass is 32.2. The number of hydrogen-bond acceptors (Lipinski definition) is 16. The number of nitrogen functional groups attached to an aromatic ring is 1. The number of nitrogens with two attached hydrogens (primary N) is 1. The van der Waals surface area contributed by atoms with Crippen LogP contribution in [0.15, 0.2) is 58.7 Å². The van der Waals surface area contributed by atoms with Crippen molar-refractivity contribution < 1.29 is 65.0 Å². The van der Waals surface area contributed by atoms with E-state index in [1.165, 1.54) is 17.9 Å². The minimum atomic E-state index is -4.15. The van der Waals surface area contributed by atoms with Crippen LogP contribution in [-0.4, -0.2) is 168 Å². The Hall–Kier alpha value is -5.00. The highest BCUT2D eigenvalue weighted by Crippen LogP contribution is 2.31. The maximum atomic E-state index is 15.6. The van der Waals surface area contributed by atoms with Crippen LogP contribution < -0.4 is 15.8 Å². The van der Waals surface area contributed by atoms with Crippen molar-refractivity contribution in [1.82, 2.24) is 15.2 Å². The molecule has 22 heteroatoms. The highest BCUT2D eigenvalue weighted by molar-refractivity contribution is 7.91. The topological polar surface area (TPSA) is 254 Å². The van der Waals surface area contributed by atoms with Crippen LogP contribution in [0.4, 0.5) is 10.2 Å². The minimum absolute atomic E-state index is 0.00526. The summed E-state index contributed by atoms with van der Waals surface area (Å²) in [7, 11) is -4.15. The quantitative estimate of drug-likeness (QED) is 0.0383. The number of anilines is 1. The zero-order chi connectivity index (χ0) is 46.5. The number of nitrogens with one attached hydrogen (secondary N) is 1. The lowest BCUT2D eigenvalue weighted by molar-refractivity contribution is -0.122. The lowest BCUT2D eigenvalue weighted by Crippen LogP contribution is -2.33.